The third kappa shape index (κ3) is 6.07. The van der Waals surface area contributed by atoms with Crippen LogP contribution in [0.2, 0.25) is 0 Å². The average molecular weight is 713 g/mol. The van der Waals surface area contributed by atoms with Crippen LogP contribution in [0.1, 0.15) is 79.2 Å². The van der Waals surface area contributed by atoms with Crippen molar-refractivity contribution in [3.05, 3.63) is 173 Å². The molecule has 1 unspecified atom stereocenters. The highest BCUT2D eigenvalue weighted by atomic mass is 16.5. The van der Waals surface area contributed by atoms with Gasteiger partial charge in [0.2, 0.25) is 0 Å². The zero-order chi connectivity index (χ0) is 36.9. The van der Waals surface area contributed by atoms with Gasteiger partial charge < -0.3 is 9.15 Å². The summed E-state index contributed by atoms with van der Waals surface area (Å²) in [5, 5.41) is 11.8. The lowest BCUT2D eigenvalue weighted by atomic mass is 9.82. The fourth-order valence-corrected chi connectivity index (χ4v) is 8.92. The summed E-state index contributed by atoms with van der Waals surface area (Å²) in [7, 11) is 0. The molecule has 266 valence electrons. The Morgan fingerprint density at radius 1 is 0.655 bits per heavy atom. The number of rotatable bonds is 6. The lowest BCUT2D eigenvalue weighted by Crippen LogP contribution is -2.22. The fourth-order valence-electron chi connectivity index (χ4n) is 8.92. The van der Waals surface area contributed by atoms with Crippen molar-refractivity contribution in [1.82, 2.24) is 0 Å². The van der Waals surface area contributed by atoms with E-state index in [0.717, 1.165) is 86.2 Å². The molecule has 2 aliphatic heterocycles. The molecule has 0 radical (unpaired) electrons. The van der Waals surface area contributed by atoms with Crippen molar-refractivity contribution in [3.8, 4) is 34.1 Å². The monoisotopic (exact) mass is 712 g/mol. The number of benzene rings is 6. The number of hydrogen-bond donors (Lipinski definition) is 0. The third-order valence-corrected chi connectivity index (χ3v) is 11.8. The maximum Gasteiger partial charge on any atom is 0.135 e. The van der Waals surface area contributed by atoms with Gasteiger partial charge in [-0.2, -0.15) is 5.26 Å². The number of allylic oxidation sites excluding steroid dienone is 3. The Bertz CT molecular complexity index is 2760. The Labute approximate surface area is 321 Å². The van der Waals surface area contributed by atoms with Crippen LogP contribution in [-0.4, -0.2) is 11.8 Å². The first-order chi connectivity index (χ1) is 27.1. The van der Waals surface area contributed by atoms with Crippen LogP contribution in [-0.2, 0) is 0 Å². The Balaban J connectivity index is 1.18. The normalized spacial score (nSPS) is 17.9. The number of hydrogen-bond acceptors (Lipinski definition) is 4. The molecule has 4 heteroatoms. The Hall–Kier alpha value is -6.44. The molecule has 10 rings (SSSR count). The summed E-state index contributed by atoms with van der Waals surface area (Å²) in [6.07, 6.45) is 9.00. The molecular weight excluding hydrogens is 673 g/mol. The van der Waals surface area contributed by atoms with Crippen LogP contribution in [0, 0.1) is 11.3 Å². The van der Waals surface area contributed by atoms with E-state index in [9.17, 15) is 5.26 Å². The van der Waals surface area contributed by atoms with Gasteiger partial charge in [-0.1, -0.05) is 91.7 Å². The molecule has 1 fully saturated rings. The van der Waals surface area contributed by atoms with Crippen molar-refractivity contribution in [1.29, 1.82) is 5.26 Å². The number of furan rings is 1. The molecule has 1 aliphatic carbocycles. The predicted octanol–water partition coefficient (Wildman–Crippen LogP) is 13.3. The summed E-state index contributed by atoms with van der Waals surface area (Å²) in [6, 6.07) is 49.3. The van der Waals surface area contributed by atoms with Gasteiger partial charge in [-0.25, -0.2) is 0 Å². The lowest BCUT2D eigenvalue weighted by molar-refractivity contribution is 0.164. The van der Waals surface area contributed by atoms with Crippen LogP contribution >= 0.6 is 0 Å². The summed E-state index contributed by atoms with van der Waals surface area (Å²) in [6.45, 7) is 2.25. The van der Waals surface area contributed by atoms with Crippen LogP contribution in [0.3, 0.4) is 0 Å². The van der Waals surface area contributed by atoms with Crippen LogP contribution < -0.4 is 4.74 Å². The van der Waals surface area contributed by atoms with Gasteiger partial charge in [0, 0.05) is 34.2 Å². The molecule has 1 saturated carbocycles. The molecule has 4 nitrogen and oxygen atoms in total. The molecular formula is C51H40N2O2. The molecule has 0 N–H and O–H groups in total. The first kappa shape index (κ1) is 33.2. The highest BCUT2D eigenvalue weighted by Crippen LogP contribution is 2.47. The Kier molecular flexibility index (Phi) is 8.29. The maximum absolute atomic E-state index is 9.57. The third-order valence-electron chi connectivity index (χ3n) is 11.8. The predicted molar refractivity (Wildman–Crippen MR) is 224 cm³/mol. The Morgan fingerprint density at radius 2 is 1.36 bits per heavy atom. The van der Waals surface area contributed by atoms with Gasteiger partial charge >= 0.3 is 0 Å². The average Bonchev–Trinajstić information content (AvgIpc) is 3.74. The van der Waals surface area contributed by atoms with Crippen LogP contribution in [0.5, 0.6) is 5.75 Å². The number of nitriles is 1. The summed E-state index contributed by atoms with van der Waals surface area (Å²) in [4.78, 5) is 5.37. The van der Waals surface area contributed by atoms with E-state index >= 15 is 0 Å². The second-order valence-corrected chi connectivity index (χ2v) is 15.1. The van der Waals surface area contributed by atoms with Crippen molar-refractivity contribution < 1.29 is 9.15 Å². The first-order valence-corrected chi connectivity index (χ1v) is 19.6. The summed E-state index contributed by atoms with van der Waals surface area (Å²) < 4.78 is 12.7. The molecule has 7 aromatic rings. The number of nitrogens with zero attached hydrogens (tertiary/aromatic N) is 2. The molecule has 0 amide bonds. The van der Waals surface area contributed by atoms with Crippen molar-refractivity contribution in [2.75, 3.05) is 0 Å². The van der Waals surface area contributed by atoms with Crippen molar-refractivity contribution >= 4 is 38.9 Å². The van der Waals surface area contributed by atoms with Gasteiger partial charge in [0.1, 0.15) is 23.0 Å². The molecule has 55 heavy (non-hydrogen) atoms. The minimum atomic E-state index is 0.297. The lowest BCUT2D eigenvalue weighted by Gasteiger charge is -2.23. The Morgan fingerprint density at radius 3 is 2.18 bits per heavy atom. The second kappa shape index (κ2) is 13.8. The van der Waals surface area contributed by atoms with Gasteiger partial charge in [0.15, 0.2) is 0 Å². The summed E-state index contributed by atoms with van der Waals surface area (Å²) in [5.41, 5.74) is 16.2. The molecule has 1 aromatic heterocycles. The minimum absolute atomic E-state index is 0.297. The van der Waals surface area contributed by atoms with E-state index in [2.05, 4.69) is 116 Å². The van der Waals surface area contributed by atoms with Gasteiger partial charge in [-0.3, -0.25) is 4.99 Å². The van der Waals surface area contributed by atoms with E-state index < -0.39 is 0 Å². The summed E-state index contributed by atoms with van der Waals surface area (Å²) in [5.74, 6) is 1.51. The van der Waals surface area contributed by atoms with Gasteiger partial charge in [0.05, 0.1) is 23.0 Å². The second-order valence-electron chi connectivity index (χ2n) is 15.1. The number of para-hydroxylation sites is 1. The topological polar surface area (TPSA) is 58.5 Å². The van der Waals surface area contributed by atoms with Crippen molar-refractivity contribution in [2.24, 2.45) is 4.99 Å². The number of aliphatic imine (C=N–C) groups is 1. The van der Waals surface area contributed by atoms with E-state index in [1.54, 1.807) is 0 Å². The number of fused-ring (bicyclic) bond motifs is 6. The summed E-state index contributed by atoms with van der Waals surface area (Å²) >= 11 is 0. The van der Waals surface area contributed by atoms with Crippen LogP contribution in [0.25, 0.3) is 55.5 Å². The largest absolute Gasteiger partial charge is 0.489 e. The van der Waals surface area contributed by atoms with Crippen LogP contribution in [0.4, 0.5) is 0 Å². The smallest absolute Gasteiger partial charge is 0.135 e. The molecule has 3 aliphatic rings. The highest BCUT2D eigenvalue weighted by molar-refractivity contribution is 6.09. The molecule has 0 spiro atoms. The maximum atomic E-state index is 9.57. The van der Waals surface area contributed by atoms with E-state index in [0.29, 0.717) is 17.6 Å². The van der Waals surface area contributed by atoms with E-state index in [1.807, 2.05) is 36.4 Å². The van der Waals surface area contributed by atoms with Crippen molar-refractivity contribution in [2.45, 2.75) is 57.5 Å². The van der Waals surface area contributed by atoms with E-state index in [1.165, 1.54) is 47.1 Å². The molecule has 6 aromatic carbocycles. The highest BCUT2D eigenvalue weighted by Gasteiger charge is 2.36. The van der Waals surface area contributed by atoms with Gasteiger partial charge in [-0.15, -0.1) is 0 Å². The van der Waals surface area contributed by atoms with Crippen molar-refractivity contribution in [3.63, 3.8) is 0 Å². The fraction of sp³-hybridized carbons (Fsp3) is 0.176. The van der Waals surface area contributed by atoms with E-state index in [4.69, 9.17) is 14.1 Å². The first-order valence-electron chi connectivity index (χ1n) is 19.6. The quantitative estimate of drug-likeness (QED) is 0.172. The van der Waals surface area contributed by atoms with E-state index in [-0.39, 0.29) is 0 Å². The molecule has 0 saturated heterocycles. The van der Waals surface area contributed by atoms with Gasteiger partial charge in [-0.05, 0) is 131 Å². The number of ether oxygens (including phenoxy) is 1. The zero-order valence-electron chi connectivity index (χ0n) is 30.9. The van der Waals surface area contributed by atoms with Gasteiger partial charge in [0.25, 0.3) is 0 Å². The minimum Gasteiger partial charge on any atom is -0.489 e. The molecule has 3 heterocycles. The standard InChI is InChI=1S/C51H40N2O2/c1-2-33-29-46(34-10-4-3-5-11-34)53-47(35-18-16-32(31-52)17-19-35)30-43(33)40-25-38(36-20-22-50-44(27-36)41-12-6-8-14-48(41)54-50)24-39(26-40)37-21-23-51-45(28-37)42-13-7-9-15-49(42)55-51/h3-6,8,10-12,14,16-28,30,42,49H,2,7,9,13,15,29H2,1H3/t42?,49-/m0/s1. The molecule has 2 atom stereocenters. The molecule has 0 bridgehead atoms. The zero-order valence-corrected chi connectivity index (χ0v) is 30.9. The van der Waals surface area contributed by atoms with Crippen LogP contribution in [0.15, 0.2) is 155 Å². The SMILES string of the molecule is CCC1=C(c2cc(-c3ccc4c(c3)C3CCCC[C@@H]3O4)cc(-c3ccc4oc5ccccc5c4c3)c2)C=C(c2ccc(C#N)cc2)N=C(c2ccccc2)C1.